The molecule has 0 heterocycles. The van der Waals surface area contributed by atoms with Crippen molar-refractivity contribution in [3.8, 4) is 0 Å². The van der Waals surface area contributed by atoms with Crippen molar-refractivity contribution in [1.29, 1.82) is 0 Å². The number of allylic oxidation sites excluding steroid dienone is 10. The summed E-state index contributed by atoms with van der Waals surface area (Å²) < 4.78 is 16.8. The largest absolute Gasteiger partial charge is 0.462 e. The molecule has 436 valence electrons. The van der Waals surface area contributed by atoms with E-state index in [1.807, 2.05) is 0 Å². The van der Waals surface area contributed by atoms with E-state index in [0.29, 0.717) is 19.3 Å². The Morgan fingerprint density at radius 3 is 0.813 bits per heavy atom. The van der Waals surface area contributed by atoms with Crippen molar-refractivity contribution in [1.82, 2.24) is 0 Å². The molecule has 0 bridgehead atoms. The third-order valence-electron chi connectivity index (χ3n) is 14.5. The normalized spacial score (nSPS) is 12.4. The van der Waals surface area contributed by atoms with Crippen molar-refractivity contribution in [2.45, 2.75) is 348 Å². The molecule has 6 heteroatoms. The highest BCUT2D eigenvalue weighted by atomic mass is 16.6. The van der Waals surface area contributed by atoms with Crippen LogP contribution < -0.4 is 0 Å². The SMILES string of the molecule is CC/C=C\C/C=C\C/C=C\C/C=C\C/C=C\CCCCCCCCCCCC(=O)OC(COC(=O)CCCCCCCC)COC(=O)CCCCCCCCCCCCCCCCCCCCCCCCCCCC. The molecular formula is C69H124O6. The monoisotopic (exact) mass is 1050 g/mol. The Morgan fingerprint density at radius 2 is 0.520 bits per heavy atom. The molecule has 1 unspecified atom stereocenters. The van der Waals surface area contributed by atoms with Crippen LogP contribution in [0.4, 0.5) is 0 Å². The minimum atomic E-state index is -0.773. The molecule has 0 aliphatic heterocycles. The lowest BCUT2D eigenvalue weighted by Gasteiger charge is -2.18. The molecule has 0 aromatic heterocycles. The Kier molecular flexibility index (Phi) is 61.2. The van der Waals surface area contributed by atoms with Crippen molar-refractivity contribution in [3.05, 3.63) is 60.8 Å². The van der Waals surface area contributed by atoms with Gasteiger partial charge in [-0.2, -0.15) is 0 Å². The third kappa shape index (κ3) is 61.8. The zero-order valence-electron chi connectivity index (χ0n) is 50.1. The molecule has 0 N–H and O–H groups in total. The molecular weight excluding hydrogens is 925 g/mol. The van der Waals surface area contributed by atoms with Crippen LogP contribution in [0, 0.1) is 0 Å². The van der Waals surface area contributed by atoms with E-state index in [2.05, 4.69) is 81.5 Å². The number of hydrogen-bond acceptors (Lipinski definition) is 6. The van der Waals surface area contributed by atoms with Gasteiger partial charge in [0.1, 0.15) is 13.2 Å². The molecule has 0 aromatic carbocycles. The van der Waals surface area contributed by atoms with Gasteiger partial charge in [-0.15, -0.1) is 0 Å². The second-order valence-corrected chi connectivity index (χ2v) is 22.0. The number of hydrogen-bond donors (Lipinski definition) is 0. The van der Waals surface area contributed by atoms with Crippen molar-refractivity contribution >= 4 is 17.9 Å². The number of esters is 3. The number of unbranched alkanes of at least 4 members (excludes halogenated alkanes) is 39. The molecule has 1 atom stereocenters. The fraction of sp³-hybridized carbons (Fsp3) is 0.812. The Labute approximate surface area is 466 Å². The quantitative estimate of drug-likeness (QED) is 0.0261. The highest BCUT2D eigenvalue weighted by Gasteiger charge is 2.19. The van der Waals surface area contributed by atoms with E-state index in [9.17, 15) is 14.4 Å². The molecule has 0 aliphatic carbocycles. The average Bonchev–Trinajstić information content (AvgIpc) is 3.41. The summed E-state index contributed by atoms with van der Waals surface area (Å²) in [5, 5.41) is 0. The Balaban J connectivity index is 4.05. The molecule has 0 aliphatic rings. The minimum absolute atomic E-state index is 0.0728. The number of rotatable bonds is 60. The van der Waals surface area contributed by atoms with Crippen LogP contribution in [0.1, 0.15) is 342 Å². The predicted octanol–water partition coefficient (Wildman–Crippen LogP) is 22.3. The van der Waals surface area contributed by atoms with Crippen LogP contribution >= 0.6 is 0 Å². The minimum Gasteiger partial charge on any atom is -0.462 e. The van der Waals surface area contributed by atoms with Crippen molar-refractivity contribution in [2.24, 2.45) is 0 Å². The molecule has 0 saturated heterocycles. The lowest BCUT2D eigenvalue weighted by Crippen LogP contribution is -2.30. The molecule has 0 rings (SSSR count). The van der Waals surface area contributed by atoms with E-state index in [1.54, 1.807) is 0 Å². The van der Waals surface area contributed by atoms with E-state index >= 15 is 0 Å². The van der Waals surface area contributed by atoms with E-state index < -0.39 is 6.10 Å². The summed E-state index contributed by atoms with van der Waals surface area (Å²) in [4.78, 5) is 38.0. The first kappa shape index (κ1) is 72.1. The maximum absolute atomic E-state index is 12.9. The van der Waals surface area contributed by atoms with Crippen LogP contribution in [0.15, 0.2) is 60.8 Å². The molecule has 75 heavy (non-hydrogen) atoms. The van der Waals surface area contributed by atoms with Gasteiger partial charge in [-0.3, -0.25) is 14.4 Å². The summed E-state index contributed by atoms with van der Waals surface area (Å²) in [7, 11) is 0. The first-order valence-electron chi connectivity index (χ1n) is 32.8. The first-order chi connectivity index (χ1) is 37.0. The van der Waals surface area contributed by atoms with Crippen LogP contribution in [0.3, 0.4) is 0 Å². The maximum Gasteiger partial charge on any atom is 0.306 e. The Morgan fingerprint density at radius 1 is 0.280 bits per heavy atom. The highest BCUT2D eigenvalue weighted by Crippen LogP contribution is 2.18. The van der Waals surface area contributed by atoms with Gasteiger partial charge in [-0.05, 0) is 64.2 Å². The molecule has 0 spiro atoms. The van der Waals surface area contributed by atoms with Gasteiger partial charge in [-0.1, -0.05) is 319 Å². The maximum atomic E-state index is 12.9. The third-order valence-corrected chi connectivity index (χ3v) is 14.5. The van der Waals surface area contributed by atoms with Gasteiger partial charge in [0, 0.05) is 19.3 Å². The predicted molar refractivity (Wildman–Crippen MR) is 325 cm³/mol. The Hall–Kier alpha value is -2.89. The van der Waals surface area contributed by atoms with Crippen molar-refractivity contribution in [2.75, 3.05) is 13.2 Å². The fourth-order valence-electron chi connectivity index (χ4n) is 9.65. The molecule has 0 radical (unpaired) electrons. The zero-order valence-corrected chi connectivity index (χ0v) is 50.1. The van der Waals surface area contributed by atoms with Crippen molar-refractivity contribution < 1.29 is 28.6 Å². The summed E-state index contributed by atoms with van der Waals surface area (Å²) >= 11 is 0. The molecule has 0 fully saturated rings. The number of carbonyl (C=O) groups excluding carboxylic acids is 3. The van der Waals surface area contributed by atoms with Gasteiger partial charge in [0.2, 0.25) is 0 Å². The van der Waals surface area contributed by atoms with Crippen LogP contribution in [0.2, 0.25) is 0 Å². The second kappa shape index (κ2) is 63.6. The molecule has 0 amide bonds. The van der Waals surface area contributed by atoms with E-state index in [0.717, 1.165) is 96.3 Å². The lowest BCUT2D eigenvalue weighted by molar-refractivity contribution is -0.167. The first-order valence-corrected chi connectivity index (χ1v) is 32.8. The molecule has 6 nitrogen and oxygen atoms in total. The second-order valence-electron chi connectivity index (χ2n) is 22.0. The average molecular weight is 1050 g/mol. The van der Waals surface area contributed by atoms with Gasteiger partial charge < -0.3 is 14.2 Å². The van der Waals surface area contributed by atoms with Crippen LogP contribution in [0.25, 0.3) is 0 Å². The topological polar surface area (TPSA) is 78.9 Å². The summed E-state index contributed by atoms with van der Waals surface area (Å²) in [5.41, 5.74) is 0. The summed E-state index contributed by atoms with van der Waals surface area (Å²) in [6, 6.07) is 0. The number of carbonyl (C=O) groups is 3. The fourth-order valence-corrected chi connectivity index (χ4v) is 9.65. The summed E-state index contributed by atoms with van der Waals surface area (Å²) in [6.07, 6.45) is 81.3. The van der Waals surface area contributed by atoms with Gasteiger partial charge in [-0.25, -0.2) is 0 Å². The summed E-state index contributed by atoms with van der Waals surface area (Å²) in [6.45, 7) is 6.51. The smallest absolute Gasteiger partial charge is 0.306 e. The van der Waals surface area contributed by atoms with Crippen molar-refractivity contribution in [3.63, 3.8) is 0 Å². The van der Waals surface area contributed by atoms with Crippen LogP contribution in [-0.4, -0.2) is 37.2 Å². The Bertz CT molecular complexity index is 1340. The van der Waals surface area contributed by atoms with Gasteiger partial charge in [0.25, 0.3) is 0 Å². The van der Waals surface area contributed by atoms with E-state index in [4.69, 9.17) is 14.2 Å². The van der Waals surface area contributed by atoms with E-state index in [-0.39, 0.29) is 31.1 Å². The molecule has 0 saturated carbocycles. The zero-order chi connectivity index (χ0) is 54.3. The van der Waals surface area contributed by atoms with Gasteiger partial charge >= 0.3 is 17.9 Å². The van der Waals surface area contributed by atoms with Gasteiger partial charge in [0.15, 0.2) is 6.10 Å². The summed E-state index contributed by atoms with van der Waals surface area (Å²) in [5.74, 6) is -0.871. The van der Waals surface area contributed by atoms with Crippen LogP contribution in [-0.2, 0) is 28.6 Å². The number of ether oxygens (including phenoxy) is 3. The van der Waals surface area contributed by atoms with Crippen LogP contribution in [0.5, 0.6) is 0 Å². The molecule has 0 aromatic rings. The van der Waals surface area contributed by atoms with Gasteiger partial charge in [0.05, 0.1) is 0 Å². The van der Waals surface area contributed by atoms with E-state index in [1.165, 1.54) is 205 Å². The standard InChI is InChI=1S/C69H124O6/c1-4-7-10-13-16-18-20-22-24-26-28-30-32-34-36-37-39-41-43-45-47-49-51-53-56-59-62-68(71)74-65-66(64-73-67(70)61-58-55-15-12-9-6-3)75-69(72)63-60-57-54-52-50-48-46-44-42-40-38-35-33-31-29-27-25-23-21-19-17-14-11-8-5-2/h8,11,17,19,23,25,29,31,35,38,66H,4-7,9-10,12-16,18,20-22,24,26-28,30,32-34,36-37,39-65H2,1-3H3/b11-8-,19-17-,25-23-,31-29-,38-35-. The highest BCUT2D eigenvalue weighted by molar-refractivity contribution is 5.71. The lowest BCUT2D eigenvalue weighted by atomic mass is 10.0.